The number of benzene rings is 1. The van der Waals surface area contributed by atoms with Gasteiger partial charge in [-0.25, -0.2) is 4.79 Å². The number of carbonyl (C=O) groups is 2. The molecule has 1 unspecified atom stereocenters. The van der Waals surface area contributed by atoms with Crippen LogP contribution in [0.25, 0.3) is 10.2 Å². The van der Waals surface area contributed by atoms with Gasteiger partial charge in [-0.15, -0.1) is 11.3 Å². The minimum atomic E-state index is -1.04. The first-order valence-corrected chi connectivity index (χ1v) is 10.1. The third-order valence-corrected chi connectivity index (χ3v) is 5.93. The molecule has 6 nitrogen and oxygen atoms in total. The summed E-state index contributed by atoms with van der Waals surface area (Å²) in [6.45, 7) is 6.25. The van der Waals surface area contributed by atoms with E-state index in [2.05, 4.69) is 22.5 Å². The van der Waals surface area contributed by atoms with Gasteiger partial charge in [0.2, 0.25) is 0 Å². The Morgan fingerprint density at radius 3 is 2.64 bits per heavy atom. The lowest BCUT2D eigenvalue weighted by Crippen LogP contribution is -2.52. The Morgan fingerprint density at radius 1 is 1.29 bits per heavy atom. The second-order valence-corrected chi connectivity index (χ2v) is 8.12. The van der Waals surface area contributed by atoms with Crippen LogP contribution < -0.4 is 5.32 Å². The highest BCUT2D eigenvalue weighted by molar-refractivity contribution is 7.20. The standard InChI is InChI=1S/C21H25N3O3S/c1-5-11-21(3,20(26)27-4)22-18(25)17-12-16-14(2)23-24(19(16)28-17)13-15-9-7-6-8-10-15/h6-10,12H,5,11,13H2,1-4H3,(H,22,25). The zero-order valence-corrected chi connectivity index (χ0v) is 17.4. The third kappa shape index (κ3) is 3.94. The number of hydrogen-bond acceptors (Lipinski definition) is 5. The molecule has 0 radical (unpaired) electrons. The van der Waals surface area contributed by atoms with Crippen molar-refractivity contribution in [3.63, 3.8) is 0 Å². The summed E-state index contributed by atoms with van der Waals surface area (Å²) in [6.07, 6.45) is 1.26. The number of hydrogen-bond donors (Lipinski definition) is 1. The summed E-state index contributed by atoms with van der Waals surface area (Å²) in [7, 11) is 1.34. The van der Waals surface area contributed by atoms with Crippen molar-refractivity contribution in [3.05, 3.63) is 52.5 Å². The maximum atomic E-state index is 12.9. The summed E-state index contributed by atoms with van der Waals surface area (Å²) in [5, 5.41) is 8.44. The molecule has 0 aliphatic rings. The first-order chi connectivity index (χ1) is 13.4. The molecule has 2 aromatic heterocycles. The Labute approximate surface area is 168 Å². The van der Waals surface area contributed by atoms with Crippen molar-refractivity contribution in [2.75, 3.05) is 7.11 Å². The summed E-state index contributed by atoms with van der Waals surface area (Å²) in [4.78, 5) is 26.5. The number of methoxy groups -OCH3 is 1. The largest absolute Gasteiger partial charge is 0.467 e. The monoisotopic (exact) mass is 399 g/mol. The van der Waals surface area contributed by atoms with Crippen LogP contribution in [0, 0.1) is 6.92 Å². The predicted molar refractivity (Wildman–Crippen MR) is 111 cm³/mol. The Hall–Kier alpha value is -2.67. The molecule has 2 heterocycles. The Morgan fingerprint density at radius 2 is 2.00 bits per heavy atom. The molecule has 0 aliphatic heterocycles. The number of carbonyl (C=O) groups excluding carboxylic acids is 2. The van der Waals surface area contributed by atoms with E-state index in [1.807, 2.05) is 42.8 Å². The highest BCUT2D eigenvalue weighted by Crippen LogP contribution is 2.29. The van der Waals surface area contributed by atoms with E-state index in [0.717, 1.165) is 27.9 Å². The number of rotatable bonds is 7. The van der Waals surface area contributed by atoms with Crippen LogP contribution in [0.2, 0.25) is 0 Å². The van der Waals surface area contributed by atoms with Gasteiger partial charge in [-0.2, -0.15) is 5.10 Å². The van der Waals surface area contributed by atoms with E-state index in [-0.39, 0.29) is 5.91 Å². The van der Waals surface area contributed by atoms with Crippen LogP contribution in [0.15, 0.2) is 36.4 Å². The van der Waals surface area contributed by atoms with Gasteiger partial charge in [-0.1, -0.05) is 43.7 Å². The lowest BCUT2D eigenvalue weighted by atomic mass is 9.96. The van der Waals surface area contributed by atoms with Gasteiger partial charge in [0.05, 0.1) is 24.2 Å². The van der Waals surface area contributed by atoms with Gasteiger partial charge in [-0.05, 0) is 31.9 Å². The van der Waals surface area contributed by atoms with Crippen molar-refractivity contribution in [3.8, 4) is 0 Å². The molecule has 1 N–H and O–H groups in total. The maximum absolute atomic E-state index is 12.9. The highest BCUT2D eigenvalue weighted by atomic mass is 32.1. The first kappa shape index (κ1) is 20.1. The average Bonchev–Trinajstić information content (AvgIpc) is 3.24. The Balaban J connectivity index is 1.88. The zero-order chi connectivity index (χ0) is 20.3. The number of esters is 1. The van der Waals surface area contributed by atoms with Gasteiger partial charge in [0.15, 0.2) is 0 Å². The molecular formula is C21H25N3O3S. The van der Waals surface area contributed by atoms with Crippen LogP contribution in [0.3, 0.4) is 0 Å². The molecular weight excluding hydrogens is 374 g/mol. The van der Waals surface area contributed by atoms with Gasteiger partial charge in [0.25, 0.3) is 5.91 Å². The van der Waals surface area contributed by atoms with Crippen molar-refractivity contribution in [1.82, 2.24) is 15.1 Å². The Bertz CT molecular complexity index is 993. The molecule has 1 aromatic carbocycles. The molecule has 148 valence electrons. The normalized spacial score (nSPS) is 13.3. The fraction of sp³-hybridized carbons (Fsp3) is 0.381. The topological polar surface area (TPSA) is 73.2 Å². The van der Waals surface area contributed by atoms with Gasteiger partial charge in [0.1, 0.15) is 10.4 Å². The van der Waals surface area contributed by atoms with Crippen molar-refractivity contribution < 1.29 is 14.3 Å². The highest BCUT2D eigenvalue weighted by Gasteiger charge is 2.35. The fourth-order valence-corrected chi connectivity index (χ4v) is 4.40. The molecule has 3 rings (SSSR count). The van der Waals surface area contributed by atoms with E-state index >= 15 is 0 Å². The van der Waals surface area contributed by atoms with Crippen LogP contribution >= 0.6 is 11.3 Å². The van der Waals surface area contributed by atoms with Crippen LogP contribution in [0.5, 0.6) is 0 Å². The summed E-state index contributed by atoms with van der Waals surface area (Å²) < 4.78 is 6.81. The molecule has 1 atom stereocenters. The van der Waals surface area contributed by atoms with Gasteiger partial charge in [0, 0.05) is 5.39 Å². The number of amides is 1. The van der Waals surface area contributed by atoms with Crippen LogP contribution in [0.1, 0.15) is 47.6 Å². The van der Waals surface area contributed by atoms with Crippen molar-refractivity contribution in [2.24, 2.45) is 0 Å². The van der Waals surface area contributed by atoms with Crippen LogP contribution in [-0.4, -0.2) is 34.3 Å². The van der Waals surface area contributed by atoms with Crippen molar-refractivity contribution in [2.45, 2.75) is 45.7 Å². The smallest absolute Gasteiger partial charge is 0.331 e. The maximum Gasteiger partial charge on any atom is 0.331 e. The molecule has 0 saturated carbocycles. The lowest BCUT2D eigenvalue weighted by Gasteiger charge is -2.27. The minimum Gasteiger partial charge on any atom is -0.467 e. The van der Waals surface area contributed by atoms with Gasteiger partial charge < -0.3 is 10.1 Å². The minimum absolute atomic E-state index is 0.270. The SMILES string of the molecule is CCCC(C)(NC(=O)c1cc2c(C)nn(Cc3ccccc3)c2s1)C(=O)OC. The molecule has 0 spiro atoms. The number of nitrogens with one attached hydrogen (secondary N) is 1. The van der Waals surface area contributed by atoms with E-state index in [4.69, 9.17) is 4.74 Å². The second kappa shape index (κ2) is 8.14. The number of fused-ring (bicyclic) bond motifs is 1. The summed E-state index contributed by atoms with van der Waals surface area (Å²) in [5.41, 5.74) is 0.986. The van der Waals surface area contributed by atoms with Crippen molar-refractivity contribution in [1.29, 1.82) is 0 Å². The summed E-state index contributed by atoms with van der Waals surface area (Å²) >= 11 is 1.39. The quantitative estimate of drug-likeness (QED) is 0.611. The molecule has 0 aliphatic carbocycles. The number of ether oxygens (including phenoxy) is 1. The summed E-state index contributed by atoms with van der Waals surface area (Å²) in [6, 6.07) is 11.9. The molecule has 7 heteroatoms. The van der Waals surface area contributed by atoms with E-state index in [1.165, 1.54) is 18.4 Å². The molecule has 3 aromatic rings. The molecule has 1 amide bonds. The third-order valence-electron chi connectivity index (χ3n) is 4.78. The predicted octanol–water partition coefficient (Wildman–Crippen LogP) is 3.92. The number of aryl methyl sites for hydroxylation is 1. The summed E-state index contributed by atoms with van der Waals surface area (Å²) in [5.74, 6) is -0.705. The molecule has 0 bridgehead atoms. The number of aromatic nitrogens is 2. The van der Waals surface area contributed by atoms with E-state index in [9.17, 15) is 9.59 Å². The fourth-order valence-electron chi connectivity index (χ4n) is 3.34. The first-order valence-electron chi connectivity index (χ1n) is 9.29. The van der Waals surface area contributed by atoms with Gasteiger partial charge >= 0.3 is 5.97 Å². The molecule has 0 saturated heterocycles. The van der Waals surface area contributed by atoms with Gasteiger partial charge in [-0.3, -0.25) is 9.48 Å². The second-order valence-electron chi connectivity index (χ2n) is 7.09. The van der Waals surface area contributed by atoms with Crippen molar-refractivity contribution >= 4 is 33.4 Å². The van der Waals surface area contributed by atoms with Crippen LogP contribution in [-0.2, 0) is 16.1 Å². The Kier molecular flexibility index (Phi) is 5.84. The van der Waals surface area contributed by atoms with E-state index < -0.39 is 11.5 Å². The van der Waals surface area contributed by atoms with Crippen LogP contribution in [0.4, 0.5) is 0 Å². The zero-order valence-electron chi connectivity index (χ0n) is 16.6. The molecule has 0 fully saturated rings. The lowest BCUT2D eigenvalue weighted by molar-refractivity contribution is -0.147. The molecule has 28 heavy (non-hydrogen) atoms. The number of nitrogens with zero attached hydrogens (tertiary/aromatic N) is 2. The van der Waals surface area contributed by atoms with E-state index in [0.29, 0.717) is 17.8 Å². The van der Waals surface area contributed by atoms with E-state index in [1.54, 1.807) is 6.92 Å². The average molecular weight is 400 g/mol. The number of thiophene rings is 1.